The van der Waals surface area contributed by atoms with Crippen LogP contribution in [-0.4, -0.2) is 12.6 Å². The van der Waals surface area contributed by atoms with Gasteiger partial charge in [-0.1, -0.05) is 23.8 Å². The monoisotopic (exact) mass is 187 g/mol. The van der Waals surface area contributed by atoms with Gasteiger partial charge in [-0.05, 0) is 49.8 Å². The molecule has 1 aromatic rings. The highest BCUT2D eigenvalue weighted by molar-refractivity contribution is 5.40. The van der Waals surface area contributed by atoms with E-state index in [-0.39, 0.29) is 0 Å². The van der Waals surface area contributed by atoms with Gasteiger partial charge in [0.15, 0.2) is 0 Å². The van der Waals surface area contributed by atoms with Crippen molar-refractivity contribution in [3.63, 3.8) is 0 Å². The van der Waals surface area contributed by atoms with Gasteiger partial charge in [-0.15, -0.1) is 0 Å². The molecule has 0 amide bonds. The summed E-state index contributed by atoms with van der Waals surface area (Å²) < 4.78 is 0. The van der Waals surface area contributed by atoms with Crippen LogP contribution in [0.15, 0.2) is 18.2 Å². The van der Waals surface area contributed by atoms with Crippen molar-refractivity contribution in [3.05, 3.63) is 34.9 Å². The van der Waals surface area contributed by atoms with Crippen molar-refractivity contribution in [2.24, 2.45) is 0 Å². The standard InChI is InChI=1S/C13H17N/c1-9-4-5-10-8-13-11(12(10)7-9)3-2-6-14-13/h4-5,7,11,13-14H,2-3,6,8H2,1H3/t11-,13?/m1/s1. The van der Waals surface area contributed by atoms with Gasteiger partial charge >= 0.3 is 0 Å². The molecule has 2 atom stereocenters. The van der Waals surface area contributed by atoms with E-state index in [9.17, 15) is 0 Å². The van der Waals surface area contributed by atoms with Gasteiger partial charge in [0.25, 0.3) is 0 Å². The largest absolute Gasteiger partial charge is 0.313 e. The van der Waals surface area contributed by atoms with E-state index in [0.29, 0.717) is 0 Å². The molecule has 74 valence electrons. The molecule has 1 nitrogen and oxygen atoms in total. The molecule has 0 saturated carbocycles. The number of hydrogen-bond donors (Lipinski definition) is 1. The second kappa shape index (κ2) is 3.09. The molecule has 1 N–H and O–H groups in total. The number of benzene rings is 1. The Morgan fingerprint density at radius 3 is 3.21 bits per heavy atom. The minimum absolute atomic E-state index is 0.737. The number of piperidine rings is 1. The molecule has 2 aliphatic rings. The SMILES string of the molecule is Cc1ccc2c(c1)[C@H]1CCCNC1C2. The quantitative estimate of drug-likeness (QED) is 0.657. The summed E-state index contributed by atoms with van der Waals surface area (Å²) in [7, 11) is 0. The van der Waals surface area contributed by atoms with Crippen molar-refractivity contribution in [1.29, 1.82) is 0 Å². The predicted molar refractivity (Wildman–Crippen MR) is 58.6 cm³/mol. The van der Waals surface area contributed by atoms with E-state index in [1.54, 1.807) is 11.1 Å². The van der Waals surface area contributed by atoms with Gasteiger partial charge in [-0.3, -0.25) is 0 Å². The van der Waals surface area contributed by atoms with Gasteiger partial charge < -0.3 is 5.32 Å². The fourth-order valence-electron chi connectivity index (χ4n) is 3.02. The average Bonchev–Trinajstić information content (AvgIpc) is 2.56. The van der Waals surface area contributed by atoms with Crippen LogP contribution in [0.5, 0.6) is 0 Å². The summed E-state index contributed by atoms with van der Waals surface area (Å²) >= 11 is 0. The molecule has 1 aromatic carbocycles. The van der Waals surface area contributed by atoms with Crippen molar-refractivity contribution >= 4 is 0 Å². The van der Waals surface area contributed by atoms with E-state index < -0.39 is 0 Å². The summed E-state index contributed by atoms with van der Waals surface area (Å²) in [4.78, 5) is 0. The van der Waals surface area contributed by atoms with Gasteiger partial charge in [0.2, 0.25) is 0 Å². The number of rotatable bonds is 0. The number of fused-ring (bicyclic) bond motifs is 3. The molecule has 14 heavy (non-hydrogen) atoms. The topological polar surface area (TPSA) is 12.0 Å². The zero-order valence-electron chi connectivity index (χ0n) is 8.72. The van der Waals surface area contributed by atoms with Gasteiger partial charge in [-0.2, -0.15) is 0 Å². The number of hydrogen-bond acceptors (Lipinski definition) is 1. The van der Waals surface area contributed by atoms with E-state index in [1.165, 1.54) is 31.4 Å². The molecular formula is C13H17N. The van der Waals surface area contributed by atoms with Crippen molar-refractivity contribution < 1.29 is 0 Å². The summed E-state index contributed by atoms with van der Waals surface area (Å²) in [5, 5.41) is 3.65. The van der Waals surface area contributed by atoms with Crippen LogP contribution in [0.1, 0.15) is 35.4 Å². The molecule has 1 saturated heterocycles. The van der Waals surface area contributed by atoms with Crippen LogP contribution in [0.2, 0.25) is 0 Å². The molecule has 1 aliphatic heterocycles. The number of aryl methyl sites for hydroxylation is 1. The normalized spacial score (nSPS) is 29.8. The van der Waals surface area contributed by atoms with Crippen LogP contribution < -0.4 is 5.32 Å². The van der Waals surface area contributed by atoms with E-state index in [4.69, 9.17) is 0 Å². The first-order valence-corrected chi connectivity index (χ1v) is 5.67. The Kier molecular flexibility index (Phi) is 1.88. The maximum absolute atomic E-state index is 3.65. The van der Waals surface area contributed by atoms with E-state index in [1.807, 2.05) is 0 Å². The van der Waals surface area contributed by atoms with E-state index >= 15 is 0 Å². The lowest BCUT2D eigenvalue weighted by Crippen LogP contribution is -2.37. The Morgan fingerprint density at radius 2 is 2.29 bits per heavy atom. The Hall–Kier alpha value is -0.820. The highest BCUT2D eigenvalue weighted by atomic mass is 14.9. The maximum atomic E-state index is 3.65. The molecule has 1 heteroatoms. The minimum atomic E-state index is 0.737. The Labute approximate surface area is 85.5 Å². The first kappa shape index (κ1) is 8.49. The van der Waals surface area contributed by atoms with Crippen LogP contribution in [0.25, 0.3) is 0 Å². The second-order valence-electron chi connectivity index (χ2n) is 4.72. The summed E-state index contributed by atoms with van der Waals surface area (Å²) in [5.74, 6) is 0.804. The van der Waals surface area contributed by atoms with Crippen molar-refractivity contribution in [3.8, 4) is 0 Å². The van der Waals surface area contributed by atoms with Crippen LogP contribution in [0.4, 0.5) is 0 Å². The minimum Gasteiger partial charge on any atom is -0.313 e. The van der Waals surface area contributed by atoms with Crippen molar-refractivity contribution in [2.75, 3.05) is 6.54 Å². The molecule has 1 aliphatic carbocycles. The lowest BCUT2D eigenvalue weighted by molar-refractivity contribution is 0.372. The average molecular weight is 187 g/mol. The Balaban J connectivity index is 2.02. The predicted octanol–water partition coefficient (Wildman–Crippen LogP) is 2.39. The van der Waals surface area contributed by atoms with Gasteiger partial charge in [-0.25, -0.2) is 0 Å². The zero-order chi connectivity index (χ0) is 9.54. The number of nitrogens with one attached hydrogen (secondary N) is 1. The highest BCUT2D eigenvalue weighted by Crippen LogP contribution is 2.38. The summed E-state index contributed by atoms with van der Waals surface area (Å²) in [6.45, 7) is 3.41. The van der Waals surface area contributed by atoms with Crippen molar-refractivity contribution in [2.45, 2.75) is 38.1 Å². The smallest absolute Gasteiger partial charge is 0.0176 e. The first-order valence-electron chi connectivity index (χ1n) is 5.67. The van der Waals surface area contributed by atoms with Crippen LogP contribution >= 0.6 is 0 Å². The molecule has 1 unspecified atom stereocenters. The highest BCUT2D eigenvalue weighted by Gasteiger charge is 2.33. The first-order chi connectivity index (χ1) is 6.84. The lowest BCUT2D eigenvalue weighted by atomic mass is 9.90. The van der Waals surface area contributed by atoms with E-state index in [2.05, 4.69) is 30.4 Å². The van der Waals surface area contributed by atoms with Gasteiger partial charge in [0.1, 0.15) is 0 Å². The van der Waals surface area contributed by atoms with Crippen LogP contribution in [-0.2, 0) is 6.42 Å². The molecule has 0 radical (unpaired) electrons. The summed E-state index contributed by atoms with van der Waals surface area (Å²) in [5.41, 5.74) is 4.62. The molecular weight excluding hydrogens is 170 g/mol. The second-order valence-corrected chi connectivity index (χ2v) is 4.72. The third-order valence-electron chi connectivity index (χ3n) is 3.72. The molecule has 3 rings (SSSR count). The molecule has 1 fully saturated rings. The van der Waals surface area contributed by atoms with Gasteiger partial charge in [0.05, 0.1) is 0 Å². The lowest BCUT2D eigenvalue weighted by Gasteiger charge is -2.27. The molecule has 0 spiro atoms. The molecule has 1 heterocycles. The summed E-state index contributed by atoms with van der Waals surface area (Å²) in [6, 6.07) is 7.70. The third kappa shape index (κ3) is 1.19. The van der Waals surface area contributed by atoms with Crippen molar-refractivity contribution in [1.82, 2.24) is 5.32 Å². The van der Waals surface area contributed by atoms with Gasteiger partial charge in [0, 0.05) is 6.04 Å². The van der Waals surface area contributed by atoms with Crippen LogP contribution in [0, 0.1) is 6.92 Å². The molecule has 0 bridgehead atoms. The molecule has 0 aromatic heterocycles. The van der Waals surface area contributed by atoms with Crippen LogP contribution in [0.3, 0.4) is 0 Å². The maximum Gasteiger partial charge on any atom is 0.0176 e. The third-order valence-corrected chi connectivity index (χ3v) is 3.72. The Bertz CT molecular complexity index is 356. The zero-order valence-corrected chi connectivity index (χ0v) is 8.72. The fourth-order valence-corrected chi connectivity index (χ4v) is 3.02. The Morgan fingerprint density at radius 1 is 1.36 bits per heavy atom. The summed E-state index contributed by atoms with van der Waals surface area (Å²) in [6.07, 6.45) is 3.98. The van der Waals surface area contributed by atoms with E-state index in [0.717, 1.165) is 12.0 Å². The fraction of sp³-hybridized carbons (Fsp3) is 0.538.